The minimum atomic E-state index is -0.446. The molecule has 0 bridgehead atoms. The van der Waals surface area contributed by atoms with Crippen LogP contribution in [0.2, 0.25) is 0 Å². The van der Waals surface area contributed by atoms with E-state index < -0.39 is 5.60 Å². The highest BCUT2D eigenvalue weighted by Gasteiger charge is 2.30. The molecule has 0 unspecified atom stereocenters. The molecule has 1 fully saturated rings. The number of hydrogen-bond acceptors (Lipinski definition) is 5. The van der Waals surface area contributed by atoms with Gasteiger partial charge < -0.3 is 9.64 Å². The summed E-state index contributed by atoms with van der Waals surface area (Å²) in [5, 5.41) is 0. The Morgan fingerprint density at radius 1 is 0.931 bits per heavy atom. The molecule has 5 nitrogen and oxygen atoms in total. The molecule has 0 spiro atoms. The minimum Gasteiger partial charge on any atom is -0.460 e. The number of ether oxygens (including phenoxy) is 1. The molecule has 0 N–H and O–H groups in total. The number of benzene rings is 2. The van der Waals surface area contributed by atoms with Gasteiger partial charge in [-0.3, -0.25) is 4.79 Å². The third kappa shape index (κ3) is 4.39. The molecular formula is C24H27N3O2. The summed E-state index contributed by atoms with van der Waals surface area (Å²) in [5.74, 6) is 0.738. The number of piperidine rings is 1. The van der Waals surface area contributed by atoms with Gasteiger partial charge in [0.2, 0.25) is 0 Å². The summed E-state index contributed by atoms with van der Waals surface area (Å²) in [6, 6.07) is 18.1. The van der Waals surface area contributed by atoms with Gasteiger partial charge in [-0.05, 0) is 45.7 Å². The van der Waals surface area contributed by atoms with E-state index in [-0.39, 0.29) is 11.9 Å². The fourth-order valence-electron chi connectivity index (χ4n) is 3.71. The lowest BCUT2D eigenvalue weighted by Gasteiger charge is -2.34. The molecule has 29 heavy (non-hydrogen) atoms. The number of hydrogen-bond donors (Lipinski definition) is 0. The van der Waals surface area contributed by atoms with Gasteiger partial charge in [-0.1, -0.05) is 42.5 Å². The zero-order valence-electron chi connectivity index (χ0n) is 17.3. The van der Waals surface area contributed by atoms with Crippen LogP contribution in [0.15, 0.2) is 54.6 Å². The monoisotopic (exact) mass is 389 g/mol. The van der Waals surface area contributed by atoms with E-state index in [4.69, 9.17) is 14.7 Å². The summed E-state index contributed by atoms with van der Waals surface area (Å²) in [6.07, 6.45) is 1.52. The number of para-hydroxylation sites is 2. The van der Waals surface area contributed by atoms with Gasteiger partial charge in [0.25, 0.3) is 0 Å². The second-order valence-electron chi connectivity index (χ2n) is 8.55. The van der Waals surface area contributed by atoms with Gasteiger partial charge in [0.15, 0.2) is 5.82 Å². The zero-order chi connectivity index (χ0) is 20.4. The Morgan fingerprint density at radius 2 is 1.52 bits per heavy atom. The van der Waals surface area contributed by atoms with Crippen LogP contribution in [0.25, 0.3) is 22.3 Å². The highest BCUT2D eigenvalue weighted by molar-refractivity contribution is 5.83. The van der Waals surface area contributed by atoms with Crippen LogP contribution in [0.5, 0.6) is 0 Å². The second-order valence-corrected chi connectivity index (χ2v) is 8.55. The lowest BCUT2D eigenvalue weighted by molar-refractivity contribution is -0.160. The fourth-order valence-corrected chi connectivity index (χ4v) is 3.71. The highest BCUT2D eigenvalue weighted by atomic mass is 16.6. The number of carbonyl (C=O) groups excluding carboxylic acids is 1. The van der Waals surface area contributed by atoms with Gasteiger partial charge in [-0.2, -0.15) is 0 Å². The first-order chi connectivity index (χ1) is 13.9. The normalized spacial score (nSPS) is 15.5. The Labute approximate surface area is 171 Å². The predicted octanol–water partition coefficient (Wildman–Crippen LogP) is 4.85. The summed E-state index contributed by atoms with van der Waals surface area (Å²) < 4.78 is 5.58. The molecule has 0 saturated carbocycles. The molecule has 2 aromatic carbocycles. The third-order valence-electron chi connectivity index (χ3n) is 5.13. The maximum absolute atomic E-state index is 12.5. The van der Waals surface area contributed by atoms with Crippen molar-refractivity contribution < 1.29 is 9.53 Å². The van der Waals surface area contributed by atoms with E-state index in [2.05, 4.69) is 17.0 Å². The van der Waals surface area contributed by atoms with E-state index in [0.29, 0.717) is 0 Å². The van der Waals surface area contributed by atoms with Gasteiger partial charge in [0, 0.05) is 18.7 Å². The van der Waals surface area contributed by atoms with Crippen molar-refractivity contribution in [3.63, 3.8) is 0 Å². The number of carbonyl (C=O) groups is 1. The quantitative estimate of drug-likeness (QED) is 0.599. The summed E-state index contributed by atoms with van der Waals surface area (Å²) in [6.45, 7) is 7.26. The van der Waals surface area contributed by atoms with Gasteiger partial charge in [-0.15, -0.1) is 0 Å². The smallest absolute Gasteiger partial charge is 0.309 e. The van der Waals surface area contributed by atoms with Crippen molar-refractivity contribution in [1.82, 2.24) is 9.97 Å². The molecule has 0 radical (unpaired) electrons. The first kappa shape index (κ1) is 19.4. The average molecular weight is 389 g/mol. The molecule has 1 saturated heterocycles. The summed E-state index contributed by atoms with van der Waals surface area (Å²) >= 11 is 0. The van der Waals surface area contributed by atoms with Crippen LogP contribution >= 0.6 is 0 Å². The summed E-state index contributed by atoms with van der Waals surface area (Å²) in [4.78, 5) is 24.6. The van der Waals surface area contributed by atoms with Crippen molar-refractivity contribution in [2.24, 2.45) is 5.92 Å². The fraction of sp³-hybridized carbons (Fsp3) is 0.375. The number of aromatic nitrogens is 2. The van der Waals surface area contributed by atoms with Gasteiger partial charge in [0.1, 0.15) is 11.3 Å². The Hall–Kier alpha value is -2.95. The number of nitrogens with zero attached hydrogens (tertiary/aromatic N) is 3. The number of anilines is 1. The van der Waals surface area contributed by atoms with Crippen molar-refractivity contribution >= 4 is 22.8 Å². The first-order valence-corrected chi connectivity index (χ1v) is 10.2. The molecule has 4 rings (SSSR count). The molecule has 1 aromatic heterocycles. The topological polar surface area (TPSA) is 55.3 Å². The predicted molar refractivity (Wildman–Crippen MR) is 116 cm³/mol. The van der Waals surface area contributed by atoms with Gasteiger partial charge >= 0.3 is 5.97 Å². The Bertz CT molecular complexity index is 1000. The molecule has 3 aromatic rings. The molecule has 1 aliphatic heterocycles. The number of fused-ring (bicyclic) bond motifs is 1. The van der Waals surface area contributed by atoms with Crippen LogP contribution < -0.4 is 4.90 Å². The number of rotatable bonds is 3. The van der Waals surface area contributed by atoms with E-state index in [1.807, 2.05) is 63.2 Å². The van der Waals surface area contributed by atoms with Crippen LogP contribution in [0, 0.1) is 5.92 Å². The standard InChI is InChI=1S/C24H27N3O2/c1-24(2,3)29-23(28)18-13-15-27(16-14-18)22-21(17-9-5-4-6-10-17)25-19-11-7-8-12-20(19)26-22/h4-12,18H,13-16H2,1-3H3. The summed E-state index contributed by atoms with van der Waals surface area (Å²) in [7, 11) is 0. The van der Waals surface area contributed by atoms with Gasteiger partial charge in [-0.25, -0.2) is 9.97 Å². The first-order valence-electron chi connectivity index (χ1n) is 10.2. The molecule has 0 aliphatic carbocycles. The largest absolute Gasteiger partial charge is 0.460 e. The molecule has 1 aliphatic rings. The maximum atomic E-state index is 12.5. The van der Waals surface area contributed by atoms with Crippen LogP contribution in [-0.2, 0) is 9.53 Å². The lowest BCUT2D eigenvalue weighted by Crippen LogP contribution is -2.39. The van der Waals surface area contributed by atoms with E-state index in [1.165, 1.54) is 0 Å². The Balaban J connectivity index is 1.62. The van der Waals surface area contributed by atoms with E-state index in [1.54, 1.807) is 0 Å². The van der Waals surface area contributed by atoms with E-state index >= 15 is 0 Å². The van der Waals surface area contributed by atoms with Crippen LogP contribution in [0.1, 0.15) is 33.6 Å². The van der Waals surface area contributed by atoms with Crippen molar-refractivity contribution in [1.29, 1.82) is 0 Å². The third-order valence-corrected chi connectivity index (χ3v) is 5.13. The molecule has 150 valence electrons. The molecular weight excluding hydrogens is 362 g/mol. The minimum absolute atomic E-state index is 0.0564. The lowest BCUT2D eigenvalue weighted by atomic mass is 9.96. The number of esters is 1. The molecule has 5 heteroatoms. The van der Waals surface area contributed by atoms with Crippen LogP contribution in [0.3, 0.4) is 0 Å². The maximum Gasteiger partial charge on any atom is 0.309 e. The van der Waals surface area contributed by atoms with Crippen LogP contribution in [-0.4, -0.2) is 34.6 Å². The second kappa shape index (κ2) is 7.82. The van der Waals surface area contributed by atoms with Gasteiger partial charge in [0.05, 0.1) is 17.0 Å². The van der Waals surface area contributed by atoms with Crippen molar-refractivity contribution in [3.05, 3.63) is 54.6 Å². The highest BCUT2D eigenvalue weighted by Crippen LogP contribution is 2.32. The van der Waals surface area contributed by atoms with E-state index in [0.717, 1.165) is 54.0 Å². The van der Waals surface area contributed by atoms with Crippen molar-refractivity contribution in [3.8, 4) is 11.3 Å². The Morgan fingerprint density at radius 3 is 2.14 bits per heavy atom. The zero-order valence-corrected chi connectivity index (χ0v) is 17.3. The average Bonchev–Trinajstić information content (AvgIpc) is 2.72. The Kier molecular flexibility index (Phi) is 5.22. The molecule has 2 heterocycles. The summed E-state index contributed by atoms with van der Waals surface area (Å²) in [5.41, 5.74) is 3.27. The van der Waals surface area contributed by atoms with Crippen molar-refractivity contribution in [2.75, 3.05) is 18.0 Å². The molecule has 0 amide bonds. The van der Waals surface area contributed by atoms with Crippen molar-refractivity contribution in [2.45, 2.75) is 39.2 Å². The SMILES string of the molecule is CC(C)(C)OC(=O)C1CCN(c2nc3ccccc3nc2-c2ccccc2)CC1. The molecule has 0 atom stereocenters. The van der Waals surface area contributed by atoms with E-state index in [9.17, 15) is 4.79 Å². The van der Waals surface area contributed by atoms with Crippen LogP contribution in [0.4, 0.5) is 5.82 Å².